The smallest absolute Gasteiger partial charge is 0.271 e. The van der Waals surface area contributed by atoms with Crippen molar-refractivity contribution in [3.05, 3.63) is 48.0 Å². The van der Waals surface area contributed by atoms with Gasteiger partial charge in [0.05, 0.1) is 5.69 Å². The van der Waals surface area contributed by atoms with Crippen LogP contribution in [0.25, 0.3) is 5.69 Å². The first-order valence-electron chi connectivity index (χ1n) is 8.44. The zero-order chi connectivity index (χ0) is 16.9. The van der Waals surface area contributed by atoms with E-state index in [1.165, 1.54) is 25.0 Å². The maximum atomic E-state index is 13.0. The van der Waals surface area contributed by atoms with Crippen molar-refractivity contribution in [3.8, 4) is 5.69 Å². The van der Waals surface area contributed by atoms with Crippen LogP contribution in [0.5, 0.6) is 0 Å². The molecule has 0 atom stereocenters. The largest absolute Gasteiger partial charge is 0.349 e. The molecule has 0 spiro atoms. The van der Waals surface area contributed by atoms with Gasteiger partial charge in [0.25, 0.3) is 5.91 Å². The fourth-order valence-electron chi connectivity index (χ4n) is 2.89. The molecule has 1 aliphatic heterocycles. The van der Waals surface area contributed by atoms with Crippen molar-refractivity contribution in [1.82, 2.24) is 20.0 Å². The van der Waals surface area contributed by atoms with Crippen LogP contribution in [-0.4, -0.2) is 46.8 Å². The van der Waals surface area contributed by atoms with Crippen LogP contribution < -0.4 is 5.32 Å². The molecule has 6 heteroatoms. The quantitative estimate of drug-likeness (QED) is 0.916. The highest BCUT2D eigenvalue weighted by atomic mass is 19.1. The van der Waals surface area contributed by atoms with Crippen LogP contribution in [0.2, 0.25) is 0 Å². The minimum Gasteiger partial charge on any atom is -0.349 e. The summed E-state index contributed by atoms with van der Waals surface area (Å²) in [4.78, 5) is 14.6. The molecule has 5 nitrogen and oxygen atoms in total. The first-order chi connectivity index (χ1) is 11.6. The summed E-state index contributed by atoms with van der Waals surface area (Å²) < 4.78 is 14.5. The van der Waals surface area contributed by atoms with Crippen LogP contribution in [0.4, 0.5) is 4.39 Å². The van der Waals surface area contributed by atoms with Crippen LogP contribution in [-0.2, 0) is 0 Å². The van der Waals surface area contributed by atoms with E-state index in [1.807, 2.05) is 0 Å². The van der Waals surface area contributed by atoms with E-state index < -0.39 is 0 Å². The number of nitrogens with one attached hydrogen (secondary N) is 1. The molecule has 1 saturated heterocycles. The van der Waals surface area contributed by atoms with Gasteiger partial charge in [0.1, 0.15) is 5.82 Å². The second-order valence-corrected chi connectivity index (χ2v) is 6.40. The molecular weight excluding hydrogens is 307 g/mol. The Bertz CT molecular complexity index is 675. The predicted molar refractivity (Wildman–Crippen MR) is 90.7 cm³/mol. The standard InChI is InChI=1S/C18H23FN4O/c1-14-6-10-22(11-7-14)13-9-20-18(24)17-8-12-23(21-17)16-4-2-15(19)3-5-16/h2-5,8,12,14H,6-7,9-11,13H2,1H3,(H,20,24). The summed E-state index contributed by atoms with van der Waals surface area (Å²) in [5.41, 5.74) is 1.09. The molecule has 128 valence electrons. The van der Waals surface area contributed by atoms with E-state index >= 15 is 0 Å². The van der Waals surface area contributed by atoms with E-state index in [2.05, 4.69) is 22.2 Å². The van der Waals surface area contributed by atoms with Crippen molar-refractivity contribution in [2.75, 3.05) is 26.2 Å². The van der Waals surface area contributed by atoms with Gasteiger partial charge in [0.15, 0.2) is 5.69 Å². The molecule has 2 aromatic rings. The lowest BCUT2D eigenvalue weighted by molar-refractivity contribution is 0.0939. The Kier molecular flexibility index (Phi) is 5.25. The molecule has 0 bridgehead atoms. The van der Waals surface area contributed by atoms with Crippen LogP contribution in [0.15, 0.2) is 36.5 Å². The number of likely N-dealkylation sites (tertiary alicyclic amines) is 1. The minimum atomic E-state index is -0.295. The van der Waals surface area contributed by atoms with Crippen molar-refractivity contribution in [2.24, 2.45) is 5.92 Å². The molecule has 0 aliphatic carbocycles. The van der Waals surface area contributed by atoms with Crippen molar-refractivity contribution in [1.29, 1.82) is 0 Å². The number of rotatable bonds is 5. The second kappa shape index (κ2) is 7.57. The number of hydrogen-bond donors (Lipinski definition) is 1. The normalized spacial score (nSPS) is 16.2. The molecule has 3 rings (SSSR count). The third-order valence-corrected chi connectivity index (χ3v) is 4.50. The molecule has 2 heterocycles. The summed E-state index contributed by atoms with van der Waals surface area (Å²) in [5.74, 6) is 0.337. The summed E-state index contributed by atoms with van der Waals surface area (Å²) in [7, 11) is 0. The maximum absolute atomic E-state index is 13.0. The van der Waals surface area contributed by atoms with Crippen molar-refractivity contribution in [3.63, 3.8) is 0 Å². The van der Waals surface area contributed by atoms with Gasteiger partial charge in [-0.2, -0.15) is 5.10 Å². The average molecular weight is 330 g/mol. The Morgan fingerprint density at radius 1 is 1.25 bits per heavy atom. The van der Waals surface area contributed by atoms with Gasteiger partial charge in [-0.05, 0) is 62.2 Å². The minimum absolute atomic E-state index is 0.179. The molecule has 1 aromatic heterocycles. The lowest BCUT2D eigenvalue weighted by atomic mass is 9.99. The van der Waals surface area contributed by atoms with E-state index in [0.717, 1.165) is 31.2 Å². The molecule has 1 N–H and O–H groups in total. The van der Waals surface area contributed by atoms with E-state index in [-0.39, 0.29) is 11.7 Å². The molecule has 1 aromatic carbocycles. The third kappa shape index (κ3) is 4.20. The van der Waals surface area contributed by atoms with Gasteiger partial charge in [-0.25, -0.2) is 9.07 Å². The van der Waals surface area contributed by atoms with Gasteiger partial charge >= 0.3 is 0 Å². The molecule has 1 amide bonds. The van der Waals surface area contributed by atoms with Gasteiger partial charge < -0.3 is 10.2 Å². The third-order valence-electron chi connectivity index (χ3n) is 4.50. The number of amides is 1. The van der Waals surface area contributed by atoms with Crippen LogP contribution in [0, 0.1) is 11.7 Å². The van der Waals surface area contributed by atoms with Gasteiger partial charge in [0.2, 0.25) is 0 Å². The molecule has 0 radical (unpaired) electrons. The Balaban J connectivity index is 1.50. The number of nitrogens with zero attached hydrogens (tertiary/aromatic N) is 3. The predicted octanol–water partition coefficient (Wildman–Crippen LogP) is 2.47. The lowest BCUT2D eigenvalue weighted by Gasteiger charge is -2.30. The number of aromatic nitrogens is 2. The summed E-state index contributed by atoms with van der Waals surface area (Å²) in [6.07, 6.45) is 4.17. The monoisotopic (exact) mass is 330 g/mol. The highest BCUT2D eigenvalue weighted by molar-refractivity contribution is 5.92. The summed E-state index contributed by atoms with van der Waals surface area (Å²) in [6.45, 7) is 6.00. The Labute approximate surface area is 141 Å². The number of carbonyl (C=O) groups excluding carboxylic acids is 1. The molecule has 24 heavy (non-hydrogen) atoms. The van der Waals surface area contributed by atoms with Crippen LogP contribution in [0.1, 0.15) is 30.3 Å². The van der Waals surface area contributed by atoms with Gasteiger partial charge in [-0.3, -0.25) is 4.79 Å². The Morgan fingerprint density at radius 3 is 2.67 bits per heavy atom. The number of halogens is 1. The maximum Gasteiger partial charge on any atom is 0.271 e. The van der Waals surface area contributed by atoms with E-state index in [1.54, 1.807) is 29.1 Å². The van der Waals surface area contributed by atoms with Crippen molar-refractivity contribution >= 4 is 5.91 Å². The zero-order valence-electron chi connectivity index (χ0n) is 13.9. The molecule has 0 saturated carbocycles. The SMILES string of the molecule is CC1CCN(CCNC(=O)c2ccn(-c3ccc(F)cc3)n2)CC1. The lowest BCUT2D eigenvalue weighted by Crippen LogP contribution is -2.39. The Morgan fingerprint density at radius 2 is 1.96 bits per heavy atom. The number of hydrogen-bond acceptors (Lipinski definition) is 3. The number of piperidine rings is 1. The van der Waals surface area contributed by atoms with E-state index in [4.69, 9.17) is 0 Å². The highest BCUT2D eigenvalue weighted by Crippen LogP contribution is 2.15. The zero-order valence-corrected chi connectivity index (χ0v) is 13.9. The fourth-order valence-corrected chi connectivity index (χ4v) is 2.89. The topological polar surface area (TPSA) is 50.2 Å². The number of benzene rings is 1. The average Bonchev–Trinajstić information content (AvgIpc) is 3.07. The van der Waals surface area contributed by atoms with Gasteiger partial charge in [-0.15, -0.1) is 0 Å². The van der Waals surface area contributed by atoms with E-state index in [9.17, 15) is 9.18 Å². The molecule has 1 fully saturated rings. The van der Waals surface area contributed by atoms with E-state index in [0.29, 0.717) is 12.2 Å². The van der Waals surface area contributed by atoms with Crippen molar-refractivity contribution in [2.45, 2.75) is 19.8 Å². The Hall–Kier alpha value is -2.21. The summed E-state index contributed by atoms with van der Waals surface area (Å²) in [5, 5.41) is 7.17. The summed E-state index contributed by atoms with van der Waals surface area (Å²) in [6, 6.07) is 7.66. The number of carbonyl (C=O) groups is 1. The van der Waals surface area contributed by atoms with Crippen LogP contribution in [0.3, 0.4) is 0 Å². The second-order valence-electron chi connectivity index (χ2n) is 6.40. The summed E-state index contributed by atoms with van der Waals surface area (Å²) >= 11 is 0. The molecule has 1 aliphatic rings. The van der Waals surface area contributed by atoms with Crippen molar-refractivity contribution < 1.29 is 9.18 Å². The highest BCUT2D eigenvalue weighted by Gasteiger charge is 2.16. The fraction of sp³-hybridized carbons (Fsp3) is 0.444. The first kappa shape index (κ1) is 16.6. The first-order valence-corrected chi connectivity index (χ1v) is 8.44. The molecule has 0 unspecified atom stereocenters. The van der Waals surface area contributed by atoms with Gasteiger partial charge in [0, 0.05) is 19.3 Å². The van der Waals surface area contributed by atoms with Crippen LogP contribution >= 0.6 is 0 Å². The molecular formula is C18H23FN4O. The van der Waals surface area contributed by atoms with Gasteiger partial charge in [-0.1, -0.05) is 6.92 Å².